The van der Waals surface area contributed by atoms with Crippen molar-refractivity contribution in [3.8, 4) is 0 Å². The Kier molecular flexibility index (Phi) is 6.47. The van der Waals surface area contributed by atoms with Crippen molar-refractivity contribution in [2.45, 2.75) is 78.0 Å². The Morgan fingerprint density at radius 2 is 1.78 bits per heavy atom. The van der Waals surface area contributed by atoms with E-state index in [1.165, 1.54) is 11.3 Å². The molecule has 1 aliphatic rings. The Hall–Kier alpha value is -1.74. The Morgan fingerprint density at radius 1 is 1.15 bits per heavy atom. The number of rotatable bonds is 4. The van der Waals surface area contributed by atoms with Crippen LogP contribution in [0.3, 0.4) is 0 Å². The molecule has 0 saturated heterocycles. The summed E-state index contributed by atoms with van der Waals surface area (Å²) in [7, 11) is 0. The summed E-state index contributed by atoms with van der Waals surface area (Å²) in [6.45, 7) is 10.7. The highest BCUT2D eigenvalue weighted by molar-refractivity contribution is 7.11. The van der Waals surface area contributed by atoms with E-state index in [9.17, 15) is 9.59 Å². The molecule has 0 aliphatic heterocycles. The van der Waals surface area contributed by atoms with Crippen molar-refractivity contribution in [3.05, 3.63) is 10.0 Å². The molecule has 27 heavy (non-hydrogen) atoms. The maximum Gasteiger partial charge on any atom is 0.420 e. The van der Waals surface area contributed by atoms with Gasteiger partial charge in [-0.25, -0.2) is 14.5 Å². The molecule has 9 heteroatoms. The molecule has 1 heterocycles. The highest BCUT2D eigenvalue weighted by atomic mass is 32.1. The molecular weight excluding hydrogens is 370 g/mol. The fraction of sp³-hybridized carbons (Fsp3) is 0.778. The summed E-state index contributed by atoms with van der Waals surface area (Å²) in [5, 5.41) is 18.6. The third-order valence-electron chi connectivity index (χ3n) is 4.07. The van der Waals surface area contributed by atoms with Gasteiger partial charge in [0, 0.05) is 11.5 Å². The maximum absolute atomic E-state index is 12.5. The molecule has 1 aromatic heterocycles. The smallest absolute Gasteiger partial charge is 0.420 e. The van der Waals surface area contributed by atoms with Gasteiger partial charge in [0.2, 0.25) is 0 Å². The minimum atomic E-state index is -0.755. The fourth-order valence-corrected chi connectivity index (χ4v) is 3.58. The first-order valence-corrected chi connectivity index (χ1v) is 9.85. The summed E-state index contributed by atoms with van der Waals surface area (Å²) < 4.78 is 10.7. The van der Waals surface area contributed by atoms with Gasteiger partial charge in [0.25, 0.3) is 0 Å². The molecule has 1 saturated carbocycles. The molecule has 0 bridgehead atoms. The highest BCUT2D eigenvalue weighted by Crippen LogP contribution is 2.42. The van der Waals surface area contributed by atoms with Crippen LogP contribution in [-0.4, -0.2) is 50.1 Å². The zero-order valence-electron chi connectivity index (χ0n) is 16.8. The van der Waals surface area contributed by atoms with Crippen LogP contribution in [-0.2, 0) is 16.1 Å². The van der Waals surface area contributed by atoms with Crippen LogP contribution in [0.15, 0.2) is 0 Å². The molecule has 0 radical (unpaired) electrons. The number of carbonyl (C=O) groups excluding carboxylic acids is 2. The van der Waals surface area contributed by atoms with Gasteiger partial charge >= 0.3 is 12.2 Å². The number of aliphatic hydroxyl groups excluding tert-OH is 1. The molecule has 0 unspecified atom stereocenters. The summed E-state index contributed by atoms with van der Waals surface area (Å²) in [4.78, 5) is 25.9. The molecular formula is C18H29N3O5S. The maximum atomic E-state index is 12.5. The largest absolute Gasteiger partial charge is 0.449 e. The molecule has 8 nitrogen and oxygen atoms in total. The number of hydrogen-bond donors (Lipinski definition) is 1. The first kappa shape index (κ1) is 21.6. The molecule has 1 N–H and O–H groups in total. The lowest BCUT2D eigenvalue weighted by molar-refractivity contribution is -0.000910. The van der Waals surface area contributed by atoms with Crippen LogP contribution in [0.5, 0.6) is 0 Å². The number of amides is 2. The van der Waals surface area contributed by atoms with E-state index >= 15 is 0 Å². The molecule has 2 amide bonds. The van der Waals surface area contributed by atoms with Crippen LogP contribution in [0.25, 0.3) is 0 Å². The van der Waals surface area contributed by atoms with Crippen LogP contribution in [0, 0.1) is 5.92 Å². The number of carbonyl (C=O) groups is 2. The molecule has 0 spiro atoms. The molecule has 0 atom stereocenters. The minimum absolute atomic E-state index is 0.0985. The highest BCUT2D eigenvalue weighted by Gasteiger charge is 2.39. The lowest BCUT2D eigenvalue weighted by Crippen LogP contribution is -2.51. The topological polar surface area (TPSA) is 102 Å². The van der Waals surface area contributed by atoms with E-state index in [1.54, 1.807) is 41.5 Å². The fourth-order valence-electron chi connectivity index (χ4n) is 2.75. The third-order valence-corrected chi connectivity index (χ3v) is 5.15. The van der Waals surface area contributed by atoms with Gasteiger partial charge < -0.3 is 14.6 Å². The molecule has 1 aliphatic carbocycles. The summed E-state index contributed by atoms with van der Waals surface area (Å²) in [5.41, 5.74) is -1.45. The lowest BCUT2D eigenvalue weighted by atomic mass is 9.76. The predicted octanol–water partition coefficient (Wildman–Crippen LogP) is 3.70. The van der Waals surface area contributed by atoms with Gasteiger partial charge in [-0.1, -0.05) is 11.3 Å². The van der Waals surface area contributed by atoms with Crippen molar-refractivity contribution >= 4 is 23.5 Å². The first-order chi connectivity index (χ1) is 12.4. The second kappa shape index (κ2) is 8.10. The van der Waals surface area contributed by atoms with E-state index in [-0.39, 0.29) is 25.0 Å². The standard InChI is InChI=1S/C18H29N3O5S/c1-17(2,3)21(16(24)26-18(4,5)6)15(23)25-10-11-7-12(8-11)14-20-19-13(9-22)27-14/h11-12,22H,7-10H2,1-6H3. The van der Waals surface area contributed by atoms with Crippen molar-refractivity contribution in [2.24, 2.45) is 5.92 Å². The summed E-state index contributed by atoms with van der Waals surface area (Å²) in [6.07, 6.45) is 0.278. The van der Waals surface area contributed by atoms with Crippen LogP contribution in [0.4, 0.5) is 9.59 Å². The van der Waals surface area contributed by atoms with E-state index in [1.807, 2.05) is 0 Å². The van der Waals surface area contributed by atoms with E-state index in [0.29, 0.717) is 5.01 Å². The number of nitrogens with zero attached hydrogens (tertiary/aromatic N) is 3. The average molecular weight is 400 g/mol. The van der Waals surface area contributed by atoms with Gasteiger partial charge in [0.05, 0.1) is 13.2 Å². The first-order valence-electron chi connectivity index (χ1n) is 9.04. The predicted molar refractivity (Wildman–Crippen MR) is 100 cm³/mol. The Labute approximate surface area is 163 Å². The number of aromatic nitrogens is 2. The van der Waals surface area contributed by atoms with Crippen molar-refractivity contribution < 1.29 is 24.2 Å². The Morgan fingerprint density at radius 3 is 2.26 bits per heavy atom. The van der Waals surface area contributed by atoms with Crippen LogP contribution >= 0.6 is 11.3 Å². The minimum Gasteiger partial charge on any atom is -0.449 e. The van der Waals surface area contributed by atoms with E-state index in [0.717, 1.165) is 22.7 Å². The van der Waals surface area contributed by atoms with Gasteiger partial charge in [-0.3, -0.25) is 0 Å². The van der Waals surface area contributed by atoms with Crippen molar-refractivity contribution in [1.29, 1.82) is 0 Å². The van der Waals surface area contributed by atoms with Crippen LogP contribution < -0.4 is 0 Å². The number of hydrogen-bond acceptors (Lipinski definition) is 8. The summed E-state index contributed by atoms with van der Waals surface area (Å²) in [6, 6.07) is 0. The van der Waals surface area contributed by atoms with Gasteiger partial charge in [-0.2, -0.15) is 0 Å². The molecule has 1 aromatic rings. The lowest BCUT2D eigenvalue weighted by Gasteiger charge is -2.36. The normalized spacial score (nSPS) is 20.0. The summed E-state index contributed by atoms with van der Waals surface area (Å²) >= 11 is 1.41. The third kappa shape index (κ3) is 5.87. The SMILES string of the molecule is CC(C)(C)OC(=O)N(C(=O)OCC1CC(c2nnc(CO)s2)C1)C(C)(C)C. The van der Waals surface area contributed by atoms with Gasteiger partial charge in [0.15, 0.2) is 0 Å². The van der Waals surface area contributed by atoms with Crippen LogP contribution in [0.1, 0.15) is 70.3 Å². The van der Waals surface area contributed by atoms with E-state index in [4.69, 9.17) is 14.6 Å². The Balaban J connectivity index is 1.86. The summed E-state index contributed by atoms with van der Waals surface area (Å²) in [5.74, 6) is 0.511. The molecule has 1 fully saturated rings. The van der Waals surface area contributed by atoms with Crippen molar-refractivity contribution in [2.75, 3.05) is 6.61 Å². The van der Waals surface area contributed by atoms with Gasteiger partial charge in [-0.05, 0) is 60.3 Å². The number of imide groups is 1. The number of ether oxygens (including phenoxy) is 2. The van der Waals surface area contributed by atoms with Gasteiger partial charge in [0.1, 0.15) is 15.6 Å². The van der Waals surface area contributed by atoms with Crippen molar-refractivity contribution in [3.63, 3.8) is 0 Å². The molecule has 2 rings (SSSR count). The number of aliphatic hydroxyl groups is 1. The van der Waals surface area contributed by atoms with Crippen LogP contribution in [0.2, 0.25) is 0 Å². The Bertz CT molecular complexity index is 671. The zero-order valence-corrected chi connectivity index (χ0v) is 17.6. The van der Waals surface area contributed by atoms with Crippen molar-refractivity contribution in [1.82, 2.24) is 15.1 Å². The quantitative estimate of drug-likeness (QED) is 0.823. The van der Waals surface area contributed by atoms with E-state index in [2.05, 4.69) is 10.2 Å². The second-order valence-corrected chi connectivity index (χ2v) is 9.88. The molecule has 152 valence electrons. The average Bonchev–Trinajstić information content (AvgIpc) is 2.90. The monoisotopic (exact) mass is 399 g/mol. The zero-order chi connectivity index (χ0) is 20.4. The van der Waals surface area contributed by atoms with E-state index < -0.39 is 23.3 Å². The second-order valence-electron chi connectivity index (χ2n) is 8.79. The van der Waals surface area contributed by atoms with Gasteiger partial charge in [-0.15, -0.1) is 10.2 Å². The molecule has 0 aromatic carbocycles.